The van der Waals surface area contributed by atoms with Gasteiger partial charge >= 0.3 is 5.97 Å². The van der Waals surface area contributed by atoms with Crippen molar-refractivity contribution in [3.63, 3.8) is 0 Å². The molecule has 7 heteroatoms. The van der Waals surface area contributed by atoms with Crippen LogP contribution < -0.4 is 10.1 Å². The van der Waals surface area contributed by atoms with E-state index < -0.39 is 11.9 Å². The first kappa shape index (κ1) is 20.5. The lowest BCUT2D eigenvalue weighted by atomic mass is 9.98. The fourth-order valence-electron chi connectivity index (χ4n) is 2.89. The molecule has 2 rings (SSSR count). The summed E-state index contributed by atoms with van der Waals surface area (Å²) in [4.78, 5) is 24.1. The zero-order valence-corrected chi connectivity index (χ0v) is 16.2. The molecule has 1 amide bonds. The molecular weight excluding hydrogens is 346 g/mol. The molecule has 0 spiro atoms. The van der Waals surface area contributed by atoms with Gasteiger partial charge in [-0.25, -0.2) is 0 Å². The molecule has 7 nitrogen and oxygen atoms in total. The Morgan fingerprint density at radius 2 is 2.00 bits per heavy atom. The Hall–Kier alpha value is -2.83. The Morgan fingerprint density at radius 3 is 2.63 bits per heavy atom. The van der Waals surface area contributed by atoms with Gasteiger partial charge < -0.3 is 15.2 Å². The van der Waals surface area contributed by atoms with Crippen LogP contribution in [0, 0.1) is 18.8 Å². The summed E-state index contributed by atoms with van der Waals surface area (Å²) >= 11 is 0. The van der Waals surface area contributed by atoms with Gasteiger partial charge in [-0.05, 0) is 30.9 Å². The van der Waals surface area contributed by atoms with Crippen LogP contribution in [0.25, 0.3) is 0 Å². The van der Waals surface area contributed by atoms with Crippen molar-refractivity contribution in [1.29, 1.82) is 0 Å². The summed E-state index contributed by atoms with van der Waals surface area (Å²) in [5.74, 6) is -0.976. The van der Waals surface area contributed by atoms with Crippen molar-refractivity contribution < 1.29 is 19.4 Å². The van der Waals surface area contributed by atoms with Crippen molar-refractivity contribution in [1.82, 2.24) is 15.1 Å². The Kier molecular flexibility index (Phi) is 6.98. The lowest BCUT2D eigenvalue weighted by molar-refractivity contribution is -0.141. The number of carbonyl (C=O) groups is 2. The van der Waals surface area contributed by atoms with Crippen LogP contribution in [0.5, 0.6) is 5.75 Å². The third-order valence-electron chi connectivity index (χ3n) is 4.40. The smallest absolute Gasteiger partial charge is 0.308 e. The molecule has 1 unspecified atom stereocenters. The SMILES string of the molecule is COc1ccccc1CC(CNC(=O)c1cnn(CC(C)C)c1C)C(=O)O. The van der Waals surface area contributed by atoms with Gasteiger partial charge in [0.15, 0.2) is 0 Å². The van der Waals surface area contributed by atoms with E-state index >= 15 is 0 Å². The summed E-state index contributed by atoms with van der Waals surface area (Å²) in [6.45, 7) is 6.76. The molecule has 2 aromatic rings. The second kappa shape index (κ2) is 9.21. The molecule has 0 aliphatic rings. The molecule has 1 heterocycles. The monoisotopic (exact) mass is 373 g/mol. The molecule has 0 aliphatic carbocycles. The topological polar surface area (TPSA) is 93.5 Å². The van der Waals surface area contributed by atoms with E-state index in [2.05, 4.69) is 24.3 Å². The minimum Gasteiger partial charge on any atom is -0.496 e. The van der Waals surface area contributed by atoms with E-state index in [1.807, 2.05) is 25.1 Å². The van der Waals surface area contributed by atoms with E-state index in [0.717, 1.165) is 17.8 Å². The molecule has 27 heavy (non-hydrogen) atoms. The van der Waals surface area contributed by atoms with Crippen LogP contribution in [0.3, 0.4) is 0 Å². The normalized spacial score (nSPS) is 12.0. The lowest BCUT2D eigenvalue weighted by Crippen LogP contribution is -2.34. The fraction of sp³-hybridized carbons (Fsp3) is 0.450. The zero-order valence-electron chi connectivity index (χ0n) is 16.2. The molecule has 1 atom stereocenters. The van der Waals surface area contributed by atoms with E-state index in [-0.39, 0.29) is 18.9 Å². The summed E-state index contributed by atoms with van der Waals surface area (Å²) in [5, 5.41) is 16.5. The number of hydrogen-bond donors (Lipinski definition) is 2. The average Bonchev–Trinajstić information content (AvgIpc) is 2.98. The second-order valence-corrected chi connectivity index (χ2v) is 6.98. The van der Waals surface area contributed by atoms with Crippen LogP contribution in [0.15, 0.2) is 30.5 Å². The first-order valence-corrected chi connectivity index (χ1v) is 8.98. The lowest BCUT2D eigenvalue weighted by Gasteiger charge is -2.15. The number of carboxylic acids is 1. The van der Waals surface area contributed by atoms with Gasteiger partial charge in [0.1, 0.15) is 5.75 Å². The van der Waals surface area contributed by atoms with Crippen LogP contribution in [0.4, 0.5) is 0 Å². The van der Waals surface area contributed by atoms with Gasteiger partial charge in [-0.15, -0.1) is 0 Å². The highest BCUT2D eigenvalue weighted by atomic mass is 16.5. The maximum atomic E-state index is 12.5. The molecule has 2 N–H and O–H groups in total. The predicted molar refractivity (Wildman–Crippen MR) is 102 cm³/mol. The molecule has 0 fully saturated rings. The van der Waals surface area contributed by atoms with E-state index in [1.165, 1.54) is 6.20 Å². The second-order valence-electron chi connectivity index (χ2n) is 6.98. The molecule has 0 saturated carbocycles. The number of amides is 1. The third kappa shape index (κ3) is 5.32. The van der Waals surface area contributed by atoms with Gasteiger partial charge in [-0.1, -0.05) is 32.0 Å². The van der Waals surface area contributed by atoms with Gasteiger partial charge in [0.2, 0.25) is 0 Å². The fourth-order valence-corrected chi connectivity index (χ4v) is 2.89. The van der Waals surface area contributed by atoms with Gasteiger partial charge in [-0.3, -0.25) is 14.3 Å². The number of para-hydroxylation sites is 1. The zero-order chi connectivity index (χ0) is 20.0. The number of rotatable bonds is 9. The van der Waals surface area contributed by atoms with E-state index in [9.17, 15) is 14.7 Å². The van der Waals surface area contributed by atoms with Gasteiger partial charge in [-0.2, -0.15) is 5.10 Å². The van der Waals surface area contributed by atoms with Gasteiger partial charge in [0.25, 0.3) is 5.91 Å². The molecule has 0 radical (unpaired) electrons. The van der Waals surface area contributed by atoms with Crippen LogP contribution >= 0.6 is 0 Å². The van der Waals surface area contributed by atoms with Crippen molar-refractivity contribution in [2.45, 2.75) is 33.7 Å². The van der Waals surface area contributed by atoms with Crippen molar-refractivity contribution in [2.24, 2.45) is 11.8 Å². The average molecular weight is 373 g/mol. The Bertz CT molecular complexity index is 798. The molecule has 0 bridgehead atoms. The molecule has 146 valence electrons. The van der Waals surface area contributed by atoms with E-state index in [4.69, 9.17) is 4.74 Å². The summed E-state index contributed by atoms with van der Waals surface area (Å²) in [7, 11) is 1.55. The van der Waals surface area contributed by atoms with Crippen LogP contribution in [0.2, 0.25) is 0 Å². The van der Waals surface area contributed by atoms with E-state index in [1.54, 1.807) is 17.9 Å². The molecule has 0 saturated heterocycles. The molecule has 1 aromatic carbocycles. The Labute approximate surface area is 159 Å². The maximum Gasteiger partial charge on any atom is 0.308 e. The first-order valence-electron chi connectivity index (χ1n) is 8.98. The minimum absolute atomic E-state index is 0.0288. The highest BCUT2D eigenvalue weighted by Crippen LogP contribution is 2.21. The van der Waals surface area contributed by atoms with Crippen LogP contribution in [0.1, 0.15) is 35.5 Å². The minimum atomic E-state index is -0.964. The standard InChI is InChI=1S/C20H27N3O4/c1-13(2)12-23-14(3)17(11-22-23)19(24)21-10-16(20(25)26)9-15-7-5-6-8-18(15)27-4/h5-8,11,13,16H,9-10,12H2,1-4H3,(H,21,24)(H,25,26). The van der Waals surface area contributed by atoms with Crippen molar-refractivity contribution in [3.05, 3.63) is 47.3 Å². The number of hydrogen-bond acceptors (Lipinski definition) is 4. The maximum absolute atomic E-state index is 12.5. The predicted octanol–water partition coefficient (Wildman–Crippen LogP) is 2.53. The molecular formula is C20H27N3O4. The number of carbonyl (C=O) groups excluding carboxylic acids is 1. The summed E-state index contributed by atoms with van der Waals surface area (Å²) in [6, 6.07) is 7.29. The van der Waals surface area contributed by atoms with Gasteiger partial charge in [0, 0.05) is 18.8 Å². The largest absolute Gasteiger partial charge is 0.496 e. The number of nitrogens with one attached hydrogen (secondary N) is 1. The number of benzene rings is 1. The van der Waals surface area contributed by atoms with Crippen molar-refractivity contribution >= 4 is 11.9 Å². The number of methoxy groups -OCH3 is 1. The number of aromatic nitrogens is 2. The number of nitrogens with zero attached hydrogens (tertiary/aromatic N) is 2. The molecule has 0 aliphatic heterocycles. The summed E-state index contributed by atoms with van der Waals surface area (Å²) in [6.07, 6.45) is 1.80. The highest BCUT2D eigenvalue weighted by Gasteiger charge is 2.22. The Balaban J connectivity index is 2.04. The number of aliphatic carboxylic acids is 1. The quantitative estimate of drug-likeness (QED) is 0.704. The summed E-state index contributed by atoms with van der Waals surface area (Å²) in [5.41, 5.74) is 2.04. The number of ether oxygens (including phenoxy) is 1. The van der Waals surface area contributed by atoms with Gasteiger partial charge in [0.05, 0.1) is 24.8 Å². The number of carboxylic acid groups (broad SMARTS) is 1. The molecule has 1 aromatic heterocycles. The van der Waals surface area contributed by atoms with Crippen LogP contribution in [-0.4, -0.2) is 40.4 Å². The van der Waals surface area contributed by atoms with Crippen molar-refractivity contribution in [3.8, 4) is 5.75 Å². The van der Waals surface area contributed by atoms with Crippen LogP contribution in [-0.2, 0) is 17.8 Å². The van der Waals surface area contributed by atoms with Crippen molar-refractivity contribution in [2.75, 3.05) is 13.7 Å². The third-order valence-corrected chi connectivity index (χ3v) is 4.40. The summed E-state index contributed by atoms with van der Waals surface area (Å²) < 4.78 is 7.07. The van der Waals surface area contributed by atoms with E-state index in [0.29, 0.717) is 17.2 Å². The Morgan fingerprint density at radius 1 is 1.30 bits per heavy atom. The first-order chi connectivity index (χ1) is 12.8. The highest BCUT2D eigenvalue weighted by molar-refractivity contribution is 5.95.